The van der Waals surface area contributed by atoms with Crippen molar-refractivity contribution in [2.75, 3.05) is 0 Å². The van der Waals surface area contributed by atoms with Crippen LogP contribution in [0, 0.1) is 5.82 Å². The van der Waals surface area contributed by atoms with E-state index < -0.39 is 0 Å². The lowest BCUT2D eigenvalue weighted by molar-refractivity contribution is 0.622. The van der Waals surface area contributed by atoms with E-state index in [0.717, 1.165) is 15.6 Å². The fourth-order valence-corrected chi connectivity index (χ4v) is 4.04. The zero-order chi connectivity index (χ0) is 14.1. The molecule has 1 nitrogen and oxygen atoms in total. The fraction of sp³-hybridized carbons (Fsp3) is 0.125. The van der Waals surface area contributed by atoms with Crippen LogP contribution in [0.3, 0.4) is 0 Å². The van der Waals surface area contributed by atoms with E-state index in [1.807, 2.05) is 18.2 Å². The first-order valence-electron chi connectivity index (χ1n) is 6.31. The van der Waals surface area contributed by atoms with Crippen molar-refractivity contribution in [2.45, 2.75) is 12.5 Å². The van der Waals surface area contributed by atoms with Gasteiger partial charge in [-0.05, 0) is 62.4 Å². The van der Waals surface area contributed by atoms with Crippen molar-refractivity contribution in [3.63, 3.8) is 0 Å². The predicted molar refractivity (Wildman–Crippen MR) is 86.6 cm³/mol. The summed E-state index contributed by atoms with van der Waals surface area (Å²) < 4.78 is 15.5. The summed E-state index contributed by atoms with van der Waals surface area (Å²) >= 11 is 5.24. The van der Waals surface area contributed by atoms with E-state index in [9.17, 15) is 4.39 Å². The van der Waals surface area contributed by atoms with Crippen LogP contribution in [0.2, 0.25) is 0 Å². The standard InChI is InChI=1S/C16H13BrFNS/c17-14-6-2-5-12-13(9-20-16(12)14)15(19)8-10-3-1-4-11(18)7-10/h1-7,9,15H,8,19H2. The van der Waals surface area contributed by atoms with Crippen molar-refractivity contribution in [1.82, 2.24) is 0 Å². The maximum absolute atomic E-state index is 13.2. The number of halogens is 2. The molecule has 0 saturated carbocycles. The molecule has 0 spiro atoms. The Morgan fingerprint density at radius 2 is 2.00 bits per heavy atom. The summed E-state index contributed by atoms with van der Waals surface area (Å²) in [5.41, 5.74) is 8.35. The SMILES string of the molecule is NC(Cc1cccc(F)c1)c1csc2c(Br)cccc12. The smallest absolute Gasteiger partial charge is 0.123 e. The quantitative estimate of drug-likeness (QED) is 0.703. The Bertz CT molecular complexity index is 753. The normalized spacial score (nSPS) is 12.8. The van der Waals surface area contributed by atoms with Gasteiger partial charge < -0.3 is 5.73 Å². The molecule has 1 heterocycles. The Balaban J connectivity index is 1.93. The summed E-state index contributed by atoms with van der Waals surface area (Å²) in [5.74, 6) is -0.215. The molecule has 0 saturated heterocycles. The molecule has 0 radical (unpaired) electrons. The lowest BCUT2D eigenvalue weighted by Gasteiger charge is -2.11. The molecule has 3 rings (SSSR count). The molecular weight excluding hydrogens is 337 g/mol. The van der Waals surface area contributed by atoms with Gasteiger partial charge in [-0.25, -0.2) is 4.39 Å². The number of fused-ring (bicyclic) bond motifs is 1. The Kier molecular flexibility index (Phi) is 3.87. The van der Waals surface area contributed by atoms with Gasteiger partial charge in [0.2, 0.25) is 0 Å². The summed E-state index contributed by atoms with van der Waals surface area (Å²) in [7, 11) is 0. The van der Waals surface area contributed by atoms with Crippen molar-refractivity contribution >= 4 is 37.4 Å². The number of rotatable bonds is 3. The topological polar surface area (TPSA) is 26.0 Å². The highest BCUT2D eigenvalue weighted by molar-refractivity contribution is 9.10. The maximum atomic E-state index is 13.2. The number of hydrogen-bond acceptors (Lipinski definition) is 2. The van der Waals surface area contributed by atoms with Crippen molar-refractivity contribution in [3.05, 3.63) is 69.3 Å². The second kappa shape index (κ2) is 5.64. The lowest BCUT2D eigenvalue weighted by atomic mass is 9.99. The van der Waals surface area contributed by atoms with Crippen LogP contribution >= 0.6 is 27.3 Å². The molecule has 0 fully saturated rings. The van der Waals surface area contributed by atoms with Gasteiger partial charge >= 0.3 is 0 Å². The molecule has 1 aromatic heterocycles. The van der Waals surface area contributed by atoms with Crippen LogP contribution in [0.4, 0.5) is 4.39 Å². The monoisotopic (exact) mass is 349 g/mol. The summed E-state index contributed by atoms with van der Waals surface area (Å²) in [6.07, 6.45) is 0.635. The Morgan fingerprint density at radius 1 is 1.20 bits per heavy atom. The number of thiophene rings is 1. The van der Waals surface area contributed by atoms with Gasteiger partial charge in [0.05, 0.1) is 0 Å². The van der Waals surface area contributed by atoms with Crippen LogP contribution in [0.5, 0.6) is 0 Å². The highest BCUT2D eigenvalue weighted by Crippen LogP contribution is 2.35. The van der Waals surface area contributed by atoms with E-state index >= 15 is 0 Å². The van der Waals surface area contributed by atoms with Crippen LogP contribution in [0.1, 0.15) is 17.2 Å². The molecule has 2 N–H and O–H groups in total. The van der Waals surface area contributed by atoms with Gasteiger partial charge in [-0.3, -0.25) is 0 Å². The Hall–Kier alpha value is -1.23. The first kappa shape index (κ1) is 13.7. The second-order valence-electron chi connectivity index (χ2n) is 4.75. The summed E-state index contributed by atoms with van der Waals surface area (Å²) in [6, 6.07) is 12.6. The van der Waals surface area contributed by atoms with Gasteiger partial charge in [-0.15, -0.1) is 11.3 Å². The molecule has 20 heavy (non-hydrogen) atoms. The minimum atomic E-state index is -0.215. The van der Waals surface area contributed by atoms with Crippen LogP contribution in [0.25, 0.3) is 10.1 Å². The molecule has 0 aliphatic rings. The van der Waals surface area contributed by atoms with Crippen LogP contribution in [0.15, 0.2) is 52.3 Å². The fourth-order valence-electron chi connectivity index (χ4n) is 2.36. The third-order valence-electron chi connectivity index (χ3n) is 3.33. The molecule has 4 heteroatoms. The number of hydrogen-bond donors (Lipinski definition) is 1. The summed E-state index contributed by atoms with van der Waals surface area (Å²) in [4.78, 5) is 0. The van der Waals surface area contributed by atoms with Crippen molar-refractivity contribution in [1.29, 1.82) is 0 Å². The molecule has 1 unspecified atom stereocenters. The second-order valence-corrected chi connectivity index (χ2v) is 6.48. The van der Waals surface area contributed by atoms with E-state index in [-0.39, 0.29) is 11.9 Å². The molecule has 1 atom stereocenters. The average molecular weight is 350 g/mol. The average Bonchev–Trinajstić information content (AvgIpc) is 2.84. The third-order valence-corrected chi connectivity index (χ3v) is 5.30. The van der Waals surface area contributed by atoms with Gasteiger partial charge in [-0.1, -0.05) is 24.3 Å². The van der Waals surface area contributed by atoms with Crippen LogP contribution in [-0.2, 0) is 6.42 Å². The van der Waals surface area contributed by atoms with Crippen molar-refractivity contribution in [2.24, 2.45) is 5.73 Å². The predicted octanol–water partition coefficient (Wildman–Crippen LogP) is 5.05. The van der Waals surface area contributed by atoms with Crippen LogP contribution < -0.4 is 5.73 Å². The van der Waals surface area contributed by atoms with Gasteiger partial charge in [0, 0.05) is 15.2 Å². The Labute approximate surface area is 129 Å². The summed E-state index contributed by atoms with van der Waals surface area (Å²) in [6.45, 7) is 0. The highest BCUT2D eigenvalue weighted by Gasteiger charge is 2.14. The van der Waals surface area contributed by atoms with Gasteiger partial charge in [0.25, 0.3) is 0 Å². The van der Waals surface area contributed by atoms with Gasteiger partial charge in [0.1, 0.15) is 5.82 Å². The van der Waals surface area contributed by atoms with E-state index in [2.05, 4.69) is 27.4 Å². The molecule has 0 bridgehead atoms. The minimum absolute atomic E-state index is 0.125. The van der Waals surface area contributed by atoms with E-state index in [1.54, 1.807) is 23.5 Å². The zero-order valence-corrected chi connectivity index (χ0v) is 13.0. The maximum Gasteiger partial charge on any atom is 0.123 e. The van der Waals surface area contributed by atoms with E-state index in [4.69, 9.17) is 5.73 Å². The summed E-state index contributed by atoms with van der Waals surface area (Å²) in [5, 5.41) is 3.27. The molecule has 0 aliphatic carbocycles. The first-order valence-corrected chi connectivity index (χ1v) is 7.98. The highest BCUT2D eigenvalue weighted by atomic mass is 79.9. The number of benzene rings is 2. The van der Waals surface area contributed by atoms with Gasteiger partial charge in [-0.2, -0.15) is 0 Å². The largest absolute Gasteiger partial charge is 0.324 e. The Morgan fingerprint density at radius 3 is 2.80 bits per heavy atom. The third kappa shape index (κ3) is 2.64. The lowest BCUT2D eigenvalue weighted by Crippen LogP contribution is -2.12. The molecule has 3 aromatic rings. The molecule has 2 aromatic carbocycles. The molecular formula is C16H13BrFNS. The van der Waals surface area contributed by atoms with E-state index in [0.29, 0.717) is 6.42 Å². The minimum Gasteiger partial charge on any atom is -0.324 e. The van der Waals surface area contributed by atoms with Crippen LogP contribution in [-0.4, -0.2) is 0 Å². The van der Waals surface area contributed by atoms with Crippen molar-refractivity contribution < 1.29 is 4.39 Å². The van der Waals surface area contributed by atoms with E-state index in [1.165, 1.54) is 16.2 Å². The molecule has 102 valence electrons. The zero-order valence-electron chi connectivity index (χ0n) is 10.6. The molecule has 0 amide bonds. The number of nitrogens with two attached hydrogens (primary N) is 1. The molecule has 0 aliphatic heterocycles. The first-order chi connectivity index (χ1) is 9.65. The van der Waals surface area contributed by atoms with Crippen molar-refractivity contribution in [3.8, 4) is 0 Å². The van der Waals surface area contributed by atoms with Gasteiger partial charge in [0.15, 0.2) is 0 Å².